The van der Waals surface area contributed by atoms with Crippen LogP contribution in [0.25, 0.3) is 0 Å². The Bertz CT molecular complexity index is 539. The first-order valence-corrected chi connectivity index (χ1v) is 7.79. The van der Waals surface area contributed by atoms with Gasteiger partial charge in [0, 0.05) is 13.1 Å². The third-order valence-corrected chi connectivity index (χ3v) is 4.62. The van der Waals surface area contributed by atoms with Gasteiger partial charge in [0.25, 0.3) is 0 Å². The SMILES string of the molecule is CC1(O)CCN(CC(=O)Nc2cc(Cl)c(Cl)cc2Cl)CC1. The van der Waals surface area contributed by atoms with Gasteiger partial charge in [-0.25, -0.2) is 0 Å². The van der Waals surface area contributed by atoms with Crippen LogP contribution < -0.4 is 5.32 Å². The Balaban J connectivity index is 1.92. The molecule has 0 saturated carbocycles. The van der Waals surface area contributed by atoms with Crippen LogP contribution in [0.3, 0.4) is 0 Å². The first-order valence-electron chi connectivity index (χ1n) is 6.66. The number of hydrogen-bond donors (Lipinski definition) is 2. The summed E-state index contributed by atoms with van der Waals surface area (Å²) in [7, 11) is 0. The van der Waals surface area contributed by atoms with E-state index in [-0.39, 0.29) is 12.5 Å². The number of nitrogens with zero attached hydrogens (tertiary/aromatic N) is 1. The third-order valence-electron chi connectivity index (χ3n) is 3.58. The summed E-state index contributed by atoms with van der Waals surface area (Å²) < 4.78 is 0. The third kappa shape index (κ3) is 4.73. The Hall–Kier alpha value is -0.520. The van der Waals surface area contributed by atoms with E-state index in [9.17, 15) is 9.90 Å². The molecule has 1 saturated heterocycles. The quantitative estimate of drug-likeness (QED) is 0.820. The molecule has 1 aromatic carbocycles. The largest absolute Gasteiger partial charge is 0.390 e. The Labute approximate surface area is 139 Å². The van der Waals surface area contributed by atoms with Crippen molar-refractivity contribution in [1.29, 1.82) is 0 Å². The van der Waals surface area contributed by atoms with Gasteiger partial charge in [-0.05, 0) is 31.9 Å². The van der Waals surface area contributed by atoms with Crippen LogP contribution in [0, 0.1) is 0 Å². The van der Waals surface area contributed by atoms with Crippen LogP contribution in [0.2, 0.25) is 15.1 Å². The lowest BCUT2D eigenvalue weighted by atomic mass is 9.94. The number of carbonyl (C=O) groups is 1. The summed E-state index contributed by atoms with van der Waals surface area (Å²) >= 11 is 17.8. The summed E-state index contributed by atoms with van der Waals surface area (Å²) in [6.07, 6.45) is 1.32. The van der Waals surface area contributed by atoms with Crippen molar-refractivity contribution in [2.24, 2.45) is 0 Å². The van der Waals surface area contributed by atoms with Crippen LogP contribution in [0.4, 0.5) is 5.69 Å². The molecule has 116 valence electrons. The average Bonchev–Trinajstić information content (AvgIpc) is 2.38. The maximum atomic E-state index is 12.0. The molecule has 1 aliphatic rings. The van der Waals surface area contributed by atoms with E-state index in [1.807, 2.05) is 11.8 Å². The van der Waals surface area contributed by atoms with Crippen LogP contribution in [0.1, 0.15) is 19.8 Å². The highest BCUT2D eigenvalue weighted by molar-refractivity contribution is 6.44. The molecule has 4 nitrogen and oxygen atoms in total. The molecule has 0 bridgehead atoms. The number of likely N-dealkylation sites (tertiary alicyclic amines) is 1. The molecule has 2 rings (SSSR count). The summed E-state index contributed by atoms with van der Waals surface area (Å²) in [4.78, 5) is 14.0. The fraction of sp³-hybridized carbons (Fsp3) is 0.500. The number of halogens is 3. The van der Waals surface area contributed by atoms with E-state index in [0.717, 1.165) is 0 Å². The number of amides is 1. The van der Waals surface area contributed by atoms with E-state index in [1.54, 1.807) is 0 Å². The van der Waals surface area contributed by atoms with Crippen molar-refractivity contribution in [3.8, 4) is 0 Å². The maximum absolute atomic E-state index is 12.0. The van der Waals surface area contributed by atoms with E-state index in [0.29, 0.717) is 46.7 Å². The molecular formula is C14H17Cl3N2O2. The first kappa shape index (κ1) is 16.8. The molecule has 21 heavy (non-hydrogen) atoms. The van der Waals surface area contributed by atoms with Crippen LogP contribution in [-0.2, 0) is 4.79 Å². The van der Waals surface area contributed by atoms with Crippen LogP contribution in [0.15, 0.2) is 12.1 Å². The lowest BCUT2D eigenvalue weighted by molar-refractivity contribution is -0.118. The number of carbonyl (C=O) groups excluding carboxylic acids is 1. The van der Waals surface area contributed by atoms with Crippen LogP contribution >= 0.6 is 34.8 Å². The van der Waals surface area contributed by atoms with E-state index in [4.69, 9.17) is 34.8 Å². The van der Waals surface area contributed by atoms with Crippen LogP contribution in [-0.4, -0.2) is 41.1 Å². The molecule has 0 unspecified atom stereocenters. The number of rotatable bonds is 3. The minimum Gasteiger partial charge on any atom is -0.390 e. The van der Waals surface area contributed by atoms with Gasteiger partial charge in [-0.3, -0.25) is 9.69 Å². The molecule has 7 heteroatoms. The van der Waals surface area contributed by atoms with Gasteiger partial charge in [-0.1, -0.05) is 34.8 Å². The zero-order valence-corrected chi connectivity index (χ0v) is 13.9. The lowest BCUT2D eigenvalue weighted by Gasteiger charge is -2.35. The number of anilines is 1. The molecule has 1 amide bonds. The van der Waals surface area contributed by atoms with Gasteiger partial charge in [0.15, 0.2) is 0 Å². The van der Waals surface area contributed by atoms with Crippen molar-refractivity contribution in [2.45, 2.75) is 25.4 Å². The van der Waals surface area contributed by atoms with Crippen molar-refractivity contribution in [2.75, 3.05) is 25.0 Å². The molecule has 0 atom stereocenters. The zero-order chi connectivity index (χ0) is 15.6. The highest BCUT2D eigenvalue weighted by Crippen LogP contribution is 2.32. The summed E-state index contributed by atoms with van der Waals surface area (Å²) in [5.41, 5.74) is -0.180. The van der Waals surface area contributed by atoms with E-state index in [2.05, 4.69) is 5.32 Å². The zero-order valence-electron chi connectivity index (χ0n) is 11.6. The smallest absolute Gasteiger partial charge is 0.238 e. The molecule has 2 N–H and O–H groups in total. The number of benzene rings is 1. The molecule has 0 spiro atoms. The normalized spacial score (nSPS) is 18.5. The second-order valence-corrected chi connectivity index (χ2v) is 6.79. The monoisotopic (exact) mass is 350 g/mol. The summed E-state index contributed by atoms with van der Waals surface area (Å²) in [6.45, 7) is 3.46. The molecular weight excluding hydrogens is 335 g/mol. The molecule has 0 aromatic heterocycles. The minimum atomic E-state index is -0.625. The fourth-order valence-electron chi connectivity index (χ4n) is 2.20. The minimum absolute atomic E-state index is 0.170. The second kappa shape index (κ2) is 6.71. The second-order valence-electron chi connectivity index (χ2n) is 5.57. The number of piperidine rings is 1. The molecule has 1 aliphatic heterocycles. The Morgan fingerprint density at radius 2 is 1.81 bits per heavy atom. The van der Waals surface area contributed by atoms with Crippen molar-refractivity contribution >= 4 is 46.4 Å². The summed E-state index contributed by atoms with van der Waals surface area (Å²) in [5, 5.41) is 13.6. The molecule has 1 aromatic rings. The van der Waals surface area contributed by atoms with Crippen molar-refractivity contribution in [1.82, 2.24) is 4.90 Å². The lowest BCUT2D eigenvalue weighted by Crippen LogP contribution is -2.45. The van der Waals surface area contributed by atoms with Crippen molar-refractivity contribution in [3.63, 3.8) is 0 Å². The highest BCUT2D eigenvalue weighted by Gasteiger charge is 2.28. The molecule has 1 fully saturated rings. The standard InChI is InChI=1S/C14H17Cl3N2O2/c1-14(21)2-4-19(5-3-14)8-13(20)18-12-7-10(16)9(15)6-11(12)17/h6-7,21H,2-5,8H2,1H3,(H,18,20). The molecule has 1 heterocycles. The Morgan fingerprint density at radius 1 is 1.24 bits per heavy atom. The van der Waals surface area contributed by atoms with Gasteiger partial charge in [-0.15, -0.1) is 0 Å². The number of aliphatic hydroxyl groups is 1. The number of hydrogen-bond acceptors (Lipinski definition) is 3. The Kier molecular flexibility index (Phi) is 5.38. The number of nitrogens with one attached hydrogen (secondary N) is 1. The van der Waals surface area contributed by atoms with Gasteiger partial charge < -0.3 is 10.4 Å². The predicted octanol–water partition coefficient (Wildman–Crippen LogP) is 3.43. The van der Waals surface area contributed by atoms with Gasteiger partial charge in [0.1, 0.15) is 0 Å². The maximum Gasteiger partial charge on any atom is 0.238 e. The van der Waals surface area contributed by atoms with E-state index < -0.39 is 5.60 Å². The van der Waals surface area contributed by atoms with E-state index >= 15 is 0 Å². The van der Waals surface area contributed by atoms with Gasteiger partial charge in [0.05, 0.1) is 32.9 Å². The van der Waals surface area contributed by atoms with E-state index in [1.165, 1.54) is 12.1 Å². The predicted molar refractivity (Wildman–Crippen MR) is 86.4 cm³/mol. The first-order chi connectivity index (χ1) is 9.77. The summed E-state index contributed by atoms with van der Waals surface area (Å²) in [6, 6.07) is 3.03. The highest BCUT2D eigenvalue weighted by atomic mass is 35.5. The molecule has 0 radical (unpaired) electrons. The van der Waals surface area contributed by atoms with Crippen molar-refractivity contribution in [3.05, 3.63) is 27.2 Å². The van der Waals surface area contributed by atoms with Gasteiger partial charge in [-0.2, -0.15) is 0 Å². The van der Waals surface area contributed by atoms with Crippen molar-refractivity contribution < 1.29 is 9.90 Å². The van der Waals surface area contributed by atoms with Gasteiger partial charge in [0.2, 0.25) is 5.91 Å². The topological polar surface area (TPSA) is 52.6 Å². The van der Waals surface area contributed by atoms with Crippen LogP contribution in [0.5, 0.6) is 0 Å². The fourth-order valence-corrected chi connectivity index (χ4v) is 2.80. The average molecular weight is 352 g/mol. The van der Waals surface area contributed by atoms with Gasteiger partial charge >= 0.3 is 0 Å². The molecule has 0 aliphatic carbocycles. The Morgan fingerprint density at radius 3 is 2.43 bits per heavy atom. The summed E-state index contributed by atoms with van der Waals surface area (Å²) in [5.74, 6) is -0.170.